The maximum atomic E-state index is 12.1. The monoisotopic (exact) mass is 239 g/mol. The number of amides is 1. The Hall–Kier alpha value is -1.33. The molecular weight excluding hydrogens is 222 g/mol. The highest BCUT2D eigenvalue weighted by Crippen LogP contribution is 2.14. The first-order valence-corrected chi connectivity index (χ1v) is 5.85. The zero-order valence-corrected chi connectivity index (χ0v) is 9.89. The van der Waals surface area contributed by atoms with E-state index in [2.05, 4.69) is 0 Å². The third kappa shape index (κ3) is 2.68. The van der Waals surface area contributed by atoms with Gasteiger partial charge in [-0.15, -0.1) is 0 Å². The smallest absolute Gasteiger partial charge is 0.289 e. The standard InChI is InChI=1S/C12H17NO4/c1-2-9-3-4-11(17-9)12(15)13-5-6-16-10(7-13)8-14/h3-4,10,14H,2,5-8H2,1H3. The molecule has 0 aliphatic carbocycles. The molecule has 0 radical (unpaired) electrons. The van der Waals surface area contributed by atoms with Crippen molar-refractivity contribution in [2.45, 2.75) is 19.4 Å². The first kappa shape index (κ1) is 12.1. The van der Waals surface area contributed by atoms with Crippen molar-refractivity contribution < 1.29 is 19.1 Å². The summed E-state index contributed by atoms with van der Waals surface area (Å²) < 4.78 is 10.7. The van der Waals surface area contributed by atoms with Gasteiger partial charge < -0.3 is 19.2 Å². The van der Waals surface area contributed by atoms with Gasteiger partial charge in [-0.05, 0) is 12.1 Å². The molecule has 5 nitrogen and oxygen atoms in total. The minimum absolute atomic E-state index is 0.0673. The van der Waals surface area contributed by atoms with Crippen LogP contribution in [-0.2, 0) is 11.2 Å². The average molecular weight is 239 g/mol. The molecule has 2 heterocycles. The molecule has 94 valence electrons. The second kappa shape index (κ2) is 5.33. The largest absolute Gasteiger partial charge is 0.456 e. The third-order valence-corrected chi connectivity index (χ3v) is 2.85. The van der Waals surface area contributed by atoms with E-state index in [0.717, 1.165) is 12.2 Å². The summed E-state index contributed by atoms with van der Waals surface area (Å²) >= 11 is 0. The molecule has 1 aliphatic rings. The number of furan rings is 1. The fourth-order valence-electron chi connectivity index (χ4n) is 1.85. The zero-order chi connectivity index (χ0) is 12.3. The van der Waals surface area contributed by atoms with Crippen LogP contribution in [0.5, 0.6) is 0 Å². The van der Waals surface area contributed by atoms with Gasteiger partial charge in [0, 0.05) is 19.5 Å². The molecule has 1 saturated heterocycles. The second-order valence-electron chi connectivity index (χ2n) is 4.05. The summed E-state index contributed by atoms with van der Waals surface area (Å²) in [6.45, 7) is 3.32. The Morgan fingerprint density at radius 2 is 2.41 bits per heavy atom. The zero-order valence-electron chi connectivity index (χ0n) is 9.89. The number of hydrogen-bond donors (Lipinski definition) is 1. The molecule has 1 aromatic heterocycles. The molecule has 1 aliphatic heterocycles. The van der Waals surface area contributed by atoms with Crippen molar-refractivity contribution in [3.63, 3.8) is 0 Å². The van der Waals surface area contributed by atoms with Gasteiger partial charge in [0.25, 0.3) is 5.91 Å². The molecular formula is C12H17NO4. The highest BCUT2D eigenvalue weighted by molar-refractivity contribution is 5.91. The Bertz CT molecular complexity index is 388. The number of morpholine rings is 1. The Kier molecular flexibility index (Phi) is 3.81. The number of hydrogen-bond acceptors (Lipinski definition) is 4. The molecule has 1 amide bonds. The number of rotatable bonds is 3. The fraction of sp³-hybridized carbons (Fsp3) is 0.583. The van der Waals surface area contributed by atoms with Crippen LogP contribution in [0.25, 0.3) is 0 Å². The van der Waals surface area contributed by atoms with Gasteiger partial charge in [0.15, 0.2) is 5.76 Å². The van der Waals surface area contributed by atoms with E-state index < -0.39 is 0 Å². The molecule has 0 saturated carbocycles. The Morgan fingerprint density at radius 3 is 3.06 bits per heavy atom. The minimum atomic E-state index is -0.284. The van der Waals surface area contributed by atoms with E-state index in [9.17, 15) is 4.79 Å². The Balaban J connectivity index is 2.03. The van der Waals surface area contributed by atoms with Crippen LogP contribution in [0.4, 0.5) is 0 Å². The van der Waals surface area contributed by atoms with Gasteiger partial charge in [-0.25, -0.2) is 0 Å². The topological polar surface area (TPSA) is 62.9 Å². The van der Waals surface area contributed by atoms with Crippen LogP contribution >= 0.6 is 0 Å². The number of carbonyl (C=O) groups excluding carboxylic acids is 1. The van der Waals surface area contributed by atoms with Crippen molar-refractivity contribution in [2.24, 2.45) is 0 Å². The molecule has 1 fully saturated rings. The SMILES string of the molecule is CCc1ccc(C(=O)N2CCOC(CO)C2)o1. The van der Waals surface area contributed by atoms with Gasteiger partial charge in [0.05, 0.1) is 19.3 Å². The summed E-state index contributed by atoms with van der Waals surface area (Å²) in [5.74, 6) is 1.03. The lowest BCUT2D eigenvalue weighted by molar-refractivity contribution is -0.0454. The number of ether oxygens (including phenoxy) is 1. The van der Waals surface area contributed by atoms with Crippen LogP contribution in [0.3, 0.4) is 0 Å². The van der Waals surface area contributed by atoms with Gasteiger partial charge in [-0.2, -0.15) is 0 Å². The molecule has 0 spiro atoms. The summed E-state index contributed by atoms with van der Waals surface area (Å²) in [4.78, 5) is 13.7. The maximum absolute atomic E-state index is 12.1. The fourth-order valence-corrected chi connectivity index (χ4v) is 1.85. The van der Waals surface area contributed by atoms with Gasteiger partial charge in [0.2, 0.25) is 0 Å². The van der Waals surface area contributed by atoms with Crippen molar-refractivity contribution >= 4 is 5.91 Å². The van der Waals surface area contributed by atoms with E-state index in [0.29, 0.717) is 25.5 Å². The van der Waals surface area contributed by atoms with E-state index in [4.69, 9.17) is 14.3 Å². The van der Waals surface area contributed by atoms with Gasteiger partial charge in [-0.1, -0.05) is 6.92 Å². The van der Waals surface area contributed by atoms with Crippen molar-refractivity contribution in [2.75, 3.05) is 26.3 Å². The number of aliphatic hydroxyl groups excluding tert-OH is 1. The first-order valence-electron chi connectivity index (χ1n) is 5.85. The lowest BCUT2D eigenvalue weighted by atomic mass is 10.2. The van der Waals surface area contributed by atoms with E-state index in [1.807, 2.05) is 13.0 Å². The summed E-state index contributed by atoms with van der Waals surface area (Å²) in [5, 5.41) is 9.02. The van der Waals surface area contributed by atoms with Crippen molar-refractivity contribution in [1.29, 1.82) is 0 Å². The van der Waals surface area contributed by atoms with E-state index in [1.54, 1.807) is 11.0 Å². The van der Waals surface area contributed by atoms with Crippen LogP contribution < -0.4 is 0 Å². The first-order chi connectivity index (χ1) is 8.24. The molecule has 0 aromatic carbocycles. The van der Waals surface area contributed by atoms with Crippen molar-refractivity contribution in [1.82, 2.24) is 4.90 Å². The van der Waals surface area contributed by atoms with Crippen molar-refractivity contribution in [3.05, 3.63) is 23.7 Å². The molecule has 1 aromatic rings. The summed E-state index contributed by atoms with van der Waals surface area (Å²) in [6.07, 6.45) is 0.489. The van der Waals surface area contributed by atoms with E-state index >= 15 is 0 Å². The summed E-state index contributed by atoms with van der Waals surface area (Å²) in [7, 11) is 0. The van der Waals surface area contributed by atoms with Crippen molar-refractivity contribution in [3.8, 4) is 0 Å². The van der Waals surface area contributed by atoms with Crippen LogP contribution in [0.15, 0.2) is 16.5 Å². The van der Waals surface area contributed by atoms with Crippen LogP contribution in [0.1, 0.15) is 23.2 Å². The Morgan fingerprint density at radius 1 is 1.59 bits per heavy atom. The summed E-state index contributed by atoms with van der Waals surface area (Å²) in [6, 6.07) is 3.52. The van der Waals surface area contributed by atoms with E-state index in [1.165, 1.54) is 0 Å². The molecule has 1 N–H and O–H groups in total. The molecule has 1 unspecified atom stereocenters. The van der Waals surface area contributed by atoms with Gasteiger partial charge in [-0.3, -0.25) is 4.79 Å². The van der Waals surface area contributed by atoms with Crippen LogP contribution in [0.2, 0.25) is 0 Å². The molecule has 2 rings (SSSR count). The second-order valence-corrected chi connectivity index (χ2v) is 4.05. The predicted molar refractivity (Wildman–Crippen MR) is 60.8 cm³/mol. The minimum Gasteiger partial charge on any atom is -0.456 e. The number of aliphatic hydroxyl groups is 1. The molecule has 1 atom stereocenters. The lowest BCUT2D eigenvalue weighted by Crippen LogP contribution is -2.46. The molecule has 0 bridgehead atoms. The third-order valence-electron chi connectivity index (χ3n) is 2.85. The number of nitrogens with zero attached hydrogens (tertiary/aromatic N) is 1. The maximum Gasteiger partial charge on any atom is 0.289 e. The lowest BCUT2D eigenvalue weighted by Gasteiger charge is -2.31. The highest BCUT2D eigenvalue weighted by Gasteiger charge is 2.26. The van der Waals surface area contributed by atoms with Gasteiger partial charge in [0.1, 0.15) is 5.76 Å². The number of carbonyl (C=O) groups is 1. The highest BCUT2D eigenvalue weighted by atomic mass is 16.5. The predicted octanol–water partition coefficient (Wildman–Crippen LogP) is 0.675. The summed E-state index contributed by atoms with van der Waals surface area (Å²) in [5.41, 5.74) is 0. The number of aryl methyl sites for hydroxylation is 1. The Labute approximate surface area is 100.0 Å². The van der Waals surface area contributed by atoms with Crippen LogP contribution in [-0.4, -0.2) is 48.3 Å². The normalized spacial score (nSPS) is 20.6. The van der Waals surface area contributed by atoms with E-state index in [-0.39, 0.29) is 18.6 Å². The molecule has 5 heteroatoms. The quantitative estimate of drug-likeness (QED) is 0.842. The van der Waals surface area contributed by atoms with Gasteiger partial charge >= 0.3 is 0 Å². The molecule has 17 heavy (non-hydrogen) atoms. The van der Waals surface area contributed by atoms with Crippen LogP contribution in [0, 0.1) is 0 Å². The average Bonchev–Trinajstić information content (AvgIpc) is 2.86.